The summed E-state index contributed by atoms with van der Waals surface area (Å²) in [5.41, 5.74) is 1.50. The third-order valence-corrected chi connectivity index (χ3v) is 2.62. The second-order valence-electron chi connectivity index (χ2n) is 3.83. The van der Waals surface area contributed by atoms with E-state index in [4.69, 9.17) is 0 Å². The molecule has 0 saturated carbocycles. The smallest absolute Gasteiger partial charge is 0.221 e. The molecule has 17 heavy (non-hydrogen) atoms. The summed E-state index contributed by atoms with van der Waals surface area (Å²) >= 11 is 0. The van der Waals surface area contributed by atoms with Crippen molar-refractivity contribution in [2.24, 2.45) is 0 Å². The molecule has 3 rings (SSSR count). The maximum atomic E-state index is 11.2. The predicted octanol–water partition coefficient (Wildman–Crippen LogP) is 1.84. The van der Waals surface area contributed by atoms with E-state index < -0.39 is 0 Å². The number of amides is 1. The van der Waals surface area contributed by atoms with Gasteiger partial charge in [0, 0.05) is 13.1 Å². The standard InChI is InChI=1S/C12H10N4O/c1-8(17)14-10-4-2-3-9-5-6-16-7-13-15-12(16)11(9)10/h2-7H,1H3,(H,14,17). The molecule has 0 spiro atoms. The fourth-order valence-corrected chi connectivity index (χ4v) is 1.94. The largest absolute Gasteiger partial charge is 0.326 e. The molecule has 0 aliphatic rings. The summed E-state index contributed by atoms with van der Waals surface area (Å²) < 4.78 is 1.83. The molecule has 0 unspecified atom stereocenters. The molecule has 0 bridgehead atoms. The minimum atomic E-state index is -0.0981. The van der Waals surface area contributed by atoms with Crippen molar-refractivity contribution in [2.75, 3.05) is 5.32 Å². The number of carbonyl (C=O) groups excluding carboxylic acids is 1. The molecule has 0 aliphatic carbocycles. The third kappa shape index (κ3) is 1.52. The highest BCUT2D eigenvalue weighted by Crippen LogP contribution is 2.26. The Morgan fingerprint density at radius 1 is 1.35 bits per heavy atom. The first kappa shape index (κ1) is 9.77. The highest BCUT2D eigenvalue weighted by Gasteiger charge is 2.08. The summed E-state index contributed by atoms with van der Waals surface area (Å²) in [5.74, 6) is -0.0981. The van der Waals surface area contributed by atoms with Crippen molar-refractivity contribution < 1.29 is 4.79 Å². The molecule has 2 heterocycles. The van der Waals surface area contributed by atoms with Crippen molar-refractivity contribution in [1.29, 1.82) is 0 Å². The second kappa shape index (κ2) is 3.55. The third-order valence-electron chi connectivity index (χ3n) is 2.62. The van der Waals surface area contributed by atoms with E-state index in [-0.39, 0.29) is 5.91 Å². The lowest BCUT2D eigenvalue weighted by molar-refractivity contribution is -0.114. The van der Waals surface area contributed by atoms with Gasteiger partial charge in [-0.3, -0.25) is 9.20 Å². The van der Waals surface area contributed by atoms with Gasteiger partial charge >= 0.3 is 0 Å². The Kier molecular flexibility index (Phi) is 2.04. The zero-order chi connectivity index (χ0) is 11.8. The van der Waals surface area contributed by atoms with Gasteiger partial charge in [0.25, 0.3) is 0 Å². The van der Waals surface area contributed by atoms with Crippen molar-refractivity contribution >= 4 is 28.0 Å². The number of hydrogen-bond acceptors (Lipinski definition) is 3. The number of hydrogen-bond donors (Lipinski definition) is 1. The maximum Gasteiger partial charge on any atom is 0.221 e. The Bertz CT molecular complexity index is 717. The molecule has 3 aromatic rings. The summed E-state index contributed by atoms with van der Waals surface area (Å²) in [4.78, 5) is 11.2. The molecule has 0 aliphatic heterocycles. The fraction of sp³-hybridized carbons (Fsp3) is 0.0833. The van der Waals surface area contributed by atoms with Gasteiger partial charge in [-0.25, -0.2) is 0 Å². The number of nitrogens with zero attached hydrogens (tertiary/aromatic N) is 3. The first-order valence-corrected chi connectivity index (χ1v) is 5.24. The Balaban J connectivity index is 2.41. The van der Waals surface area contributed by atoms with E-state index in [0.29, 0.717) is 0 Å². The summed E-state index contributed by atoms with van der Waals surface area (Å²) in [7, 11) is 0. The van der Waals surface area contributed by atoms with Crippen molar-refractivity contribution in [3.8, 4) is 0 Å². The van der Waals surface area contributed by atoms with Crippen LogP contribution in [0.15, 0.2) is 36.8 Å². The van der Waals surface area contributed by atoms with Crippen LogP contribution < -0.4 is 5.32 Å². The van der Waals surface area contributed by atoms with Gasteiger partial charge in [-0.05, 0) is 17.5 Å². The monoisotopic (exact) mass is 226 g/mol. The van der Waals surface area contributed by atoms with Crippen molar-refractivity contribution in [1.82, 2.24) is 14.6 Å². The van der Waals surface area contributed by atoms with Gasteiger partial charge < -0.3 is 5.32 Å². The van der Waals surface area contributed by atoms with Crippen molar-refractivity contribution in [2.45, 2.75) is 6.92 Å². The molecule has 0 saturated heterocycles. The van der Waals surface area contributed by atoms with E-state index in [1.165, 1.54) is 6.92 Å². The van der Waals surface area contributed by atoms with Crippen molar-refractivity contribution in [3.63, 3.8) is 0 Å². The molecule has 1 amide bonds. The molecule has 1 aromatic carbocycles. The Labute approximate surface area is 97.1 Å². The predicted molar refractivity (Wildman–Crippen MR) is 64.8 cm³/mol. The van der Waals surface area contributed by atoms with Crippen LogP contribution in [0, 0.1) is 0 Å². The van der Waals surface area contributed by atoms with Crippen LogP contribution >= 0.6 is 0 Å². The quantitative estimate of drug-likeness (QED) is 0.688. The van der Waals surface area contributed by atoms with E-state index in [1.807, 2.05) is 34.9 Å². The van der Waals surface area contributed by atoms with Gasteiger partial charge in [-0.15, -0.1) is 10.2 Å². The van der Waals surface area contributed by atoms with Crippen LogP contribution in [0.2, 0.25) is 0 Å². The first-order chi connectivity index (χ1) is 8.25. The zero-order valence-corrected chi connectivity index (χ0v) is 9.21. The number of pyridine rings is 1. The van der Waals surface area contributed by atoms with Gasteiger partial charge in [0.05, 0.1) is 11.1 Å². The SMILES string of the molecule is CC(=O)Nc1cccc2ccn3cnnc3c12. The minimum absolute atomic E-state index is 0.0981. The molecule has 5 heteroatoms. The van der Waals surface area contributed by atoms with E-state index in [1.54, 1.807) is 6.33 Å². The zero-order valence-electron chi connectivity index (χ0n) is 9.21. The van der Waals surface area contributed by atoms with Crippen molar-refractivity contribution in [3.05, 3.63) is 36.8 Å². The highest BCUT2D eigenvalue weighted by atomic mass is 16.1. The lowest BCUT2D eigenvalue weighted by Crippen LogP contribution is -2.06. The van der Waals surface area contributed by atoms with Crippen LogP contribution in [-0.2, 0) is 4.79 Å². The second-order valence-corrected chi connectivity index (χ2v) is 3.83. The Morgan fingerprint density at radius 2 is 2.24 bits per heavy atom. The van der Waals surface area contributed by atoms with Gasteiger partial charge in [0.1, 0.15) is 6.33 Å². The molecular formula is C12H10N4O. The summed E-state index contributed by atoms with van der Waals surface area (Å²) in [5, 5.41) is 12.7. The van der Waals surface area contributed by atoms with Crippen LogP contribution in [0.4, 0.5) is 5.69 Å². The van der Waals surface area contributed by atoms with Crippen LogP contribution in [0.25, 0.3) is 16.4 Å². The summed E-state index contributed by atoms with van der Waals surface area (Å²) in [6.45, 7) is 1.49. The average molecular weight is 226 g/mol. The van der Waals surface area contributed by atoms with Gasteiger partial charge in [0.2, 0.25) is 5.91 Å². The van der Waals surface area contributed by atoms with Crippen LogP contribution in [0.5, 0.6) is 0 Å². The lowest BCUT2D eigenvalue weighted by Gasteiger charge is -2.07. The van der Waals surface area contributed by atoms with Gasteiger partial charge in [0.15, 0.2) is 5.65 Å². The van der Waals surface area contributed by atoms with E-state index >= 15 is 0 Å². The molecule has 5 nitrogen and oxygen atoms in total. The molecule has 0 atom stereocenters. The van der Waals surface area contributed by atoms with Gasteiger partial charge in [-0.1, -0.05) is 12.1 Å². The Hall–Kier alpha value is -2.43. The number of benzene rings is 1. The molecular weight excluding hydrogens is 216 g/mol. The Morgan fingerprint density at radius 3 is 3.06 bits per heavy atom. The number of nitrogens with one attached hydrogen (secondary N) is 1. The van der Waals surface area contributed by atoms with Crippen LogP contribution in [0.3, 0.4) is 0 Å². The number of carbonyl (C=O) groups is 1. The minimum Gasteiger partial charge on any atom is -0.326 e. The molecule has 0 radical (unpaired) electrons. The number of rotatable bonds is 1. The summed E-state index contributed by atoms with van der Waals surface area (Å²) in [6, 6.07) is 7.71. The van der Waals surface area contributed by atoms with E-state index in [0.717, 1.165) is 22.1 Å². The summed E-state index contributed by atoms with van der Waals surface area (Å²) in [6.07, 6.45) is 3.54. The maximum absolute atomic E-state index is 11.2. The normalized spacial score (nSPS) is 10.9. The van der Waals surface area contributed by atoms with Crippen LogP contribution in [-0.4, -0.2) is 20.5 Å². The van der Waals surface area contributed by atoms with Gasteiger partial charge in [-0.2, -0.15) is 0 Å². The molecule has 1 N–H and O–H groups in total. The topological polar surface area (TPSA) is 59.3 Å². The van der Waals surface area contributed by atoms with Crippen LogP contribution in [0.1, 0.15) is 6.92 Å². The molecule has 0 fully saturated rings. The lowest BCUT2D eigenvalue weighted by atomic mass is 10.1. The van der Waals surface area contributed by atoms with E-state index in [9.17, 15) is 4.79 Å². The molecule has 2 aromatic heterocycles. The highest BCUT2D eigenvalue weighted by molar-refractivity contribution is 6.07. The van der Waals surface area contributed by atoms with E-state index in [2.05, 4.69) is 15.5 Å². The molecule has 84 valence electrons. The number of anilines is 1. The first-order valence-electron chi connectivity index (χ1n) is 5.24. The number of aromatic nitrogens is 3. The fourth-order valence-electron chi connectivity index (χ4n) is 1.94. The average Bonchev–Trinajstić information content (AvgIpc) is 2.76. The number of fused-ring (bicyclic) bond motifs is 3.